The minimum Gasteiger partial charge on any atom is -0.366 e. The summed E-state index contributed by atoms with van der Waals surface area (Å²) < 4.78 is 26.1. The van der Waals surface area contributed by atoms with Gasteiger partial charge in [-0.3, -0.25) is 4.79 Å². The van der Waals surface area contributed by atoms with Crippen molar-refractivity contribution >= 4 is 26.8 Å². The van der Waals surface area contributed by atoms with Crippen molar-refractivity contribution in [1.29, 1.82) is 0 Å². The van der Waals surface area contributed by atoms with Crippen molar-refractivity contribution in [2.75, 3.05) is 25.4 Å². The van der Waals surface area contributed by atoms with Crippen LogP contribution < -0.4 is 11.1 Å². The monoisotopic (exact) mass is 480 g/mol. The van der Waals surface area contributed by atoms with E-state index in [0.29, 0.717) is 24.7 Å². The molecule has 5 rings (SSSR count). The number of aromatic amines is 1. The summed E-state index contributed by atoms with van der Waals surface area (Å²) in [5.41, 5.74) is 11.4. The van der Waals surface area contributed by atoms with Crippen molar-refractivity contribution < 1.29 is 13.2 Å². The Hall–Kier alpha value is -2.68. The first-order valence-corrected chi connectivity index (χ1v) is 13.7. The second kappa shape index (κ2) is 9.17. The maximum atomic E-state index is 12.4. The quantitative estimate of drug-likeness (QED) is 0.497. The molecule has 3 heterocycles. The molecule has 0 spiro atoms. The summed E-state index contributed by atoms with van der Waals surface area (Å²) in [5.74, 6) is -0.106. The third-order valence-corrected chi connectivity index (χ3v) is 9.30. The molecule has 3 aromatic rings. The van der Waals surface area contributed by atoms with Gasteiger partial charge in [-0.2, -0.15) is 0 Å². The average molecular weight is 481 g/mol. The molecule has 34 heavy (non-hydrogen) atoms. The smallest absolute Gasteiger partial charge is 0.250 e. The number of benzene rings is 2. The summed E-state index contributed by atoms with van der Waals surface area (Å²) in [4.78, 5) is 15.6. The third-order valence-electron chi connectivity index (χ3n) is 7.42. The molecule has 7 nitrogen and oxygen atoms in total. The lowest BCUT2D eigenvalue weighted by Crippen LogP contribution is -2.38. The molecule has 0 saturated carbocycles. The van der Waals surface area contributed by atoms with Gasteiger partial charge in [0, 0.05) is 30.7 Å². The van der Waals surface area contributed by atoms with Crippen molar-refractivity contribution in [3.63, 3.8) is 0 Å². The van der Waals surface area contributed by atoms with E-state index >= 15 is 0 Å². The number of fused-ring (bicyclic) bond motifs is 1. The Morgan fingerprint density at radius 2 is 1.91 bits per heavy atom. The molecule has 0 bridgehead atoms. The fourth-order valence-electron chi connectivity index (χ4n) is 5.48. The molecule has 1 amide bonds. The van der Waals surface area contributed by atoms with Gasteiger partial charge in [-0.1, -0.05) is 18.2 Å². The molecule has 1 unspecified atom stereocenters. The number of hydrogen-bond donors (Lipinski definition) is 3. The van der Waals surface area contributed by atoms with Crippen LogP contribution in [-0.4, -0.2) is 49.0 Å². The molecule has 1 aromatic heterocycles. The van der Waals surface area contributed by atoms with E-state index in [0.717, 1.165) is 53.4 Å². The number of rotatable bonds is 6. The van der Waals surface area contributed by atoms with E-state index in [1.807, 2.05) is 12.3 Å². The summed E-state index contributed by atoms with van der Waals surface area (Å²) in [5, 5.41) is 4.54. The maximum Gasteiger partial charge on any atom is 0.250 e. The van der Waals surface area contributed by atoms with E-state index in [-0.39, 0.29) is 11.7 Å². The number of sulfonamides is 1. The lowest BCUT2D eigenvalue weighted by molar-refractivity contribution is 0.100. The standard InChI is InChI=1S/C26H32N4O3S/c1-2-34(32,33)30-11-8-17(9-12-30)23-16-29-25-21(23)14-20(15-22(25)26(27)31)18-5-3-6-19(13-18)24-7-4-10-28-24/h3,5-6,13-17,24,28-29H,2,4,7-12H2,1H3,(H2,27,31). The summed E-state index contributed by atoms with van der Waals surface area (Å²) in [7, 11) is -3.17. The number of piperidine rings is 1. The van der Waals surface area contributed by atoms with E-state index in [1.54, 1.807) is 11.2 Å². The second-order valence-corrected chi connectivity index (χ2v) is 11.7. The molecule has 2 aromatic carbocycles. The van der Waals surface area contributed by atoms with Crippen LogP contribution in [0.1, 0.15) is 66.1 Å². The van der Waals surface area contributed by atoms with Gasteiger partial charge in [0.05, 0.1) is 16.8 Å². The Kier molecular flexibility index (Phi) is 6.22. The number of aromatic nitrogens is 1. The van der Waals surface area contributed by atoms with Gasteiger partial charge in [0.25, 0.3) is 5.91 Å². The SMILES string of the molecule is CCS(=O)(=O)N1CCC(c2c[nH]c3c(C(N)=O)cc(-c4cccc(C5CCCN5)c4)cc23)CC1. The topological polar surface area (TPSA) is 108 Å². The first-order valence-electron chi connectivity index (χ1n) is 12.1. The highest BCUT2D eigenvalue weighted by atomic mass is 32.2. The van der Waals surface area contributed by atoms with Crippen molar-refractivity contribution in [2.24, 2.45) is 5.73 Å². The highest BCUT2D eigenvalue weighted by Crippen LogP contribution is 2.37. The van der Waals surface area contributed by atoms with Gasteiger partial charge in [-0.25, -0.2) is 12.7 Å². The van der Waals surface area contributed by atoms with Crippen molar-refractivity contribution in [1.82, 2.24) is 14.6 Å². The summed E-state index contributed by atoms with van der Waals surface area (Å²) >= 11 is 0. The molecule has 8 heteroatoms. The third kappa shape index (κ3) is 4.26. The number of primary amides is 1. The highest BCUT2D eigenvalue weighted by Gasteiger charge is 2.29. The molecule has 2 aliphatic rings. The number of nitrogens with two attached hydrogens (primary N) is 1. The molecule has 2 fully saturated rings. The lowest BCUT2D eigenvalue weighted by atomic mass is 9.88. The molecule has 0 radical (unpaired) electrons. The van der Waals surface area contributed by atoms with Crippen molar-refractivity contribution in [3.8, 4) is 11.1 Å². The van der Waals surface area contributed by atoms with Gasteiger partial charge in [-0.15, -0.1) is 0 Å². The maximum absolute atomic E-state index is 12.4. The van der Waals surface area contributed by atoms with Gasteiger partial charge < -0.3 is 16.0 Å². The fourth-order valence-corrected chi connectivity index (χ4v) is 6.62. The van der Waals surface area contributed by atoms with Crippen LogP contribution in [0.2, 0.25) is 0 Å². The van der Waals surface area contributed by atoms with Crippen molar-refractivity contribution in [2.45, 2.75) is 44.6 Å². The van der Waals surface area contributed by atoms with Crippen LogP contribution in [0.15, 0.2) is 42.6 Å². The molecule has 4 N–H and O–H groups in total. The largest absolute Gasteiger partial charge is 0.366 e. The Morgan fingerprint density at radius 1 is 1.12 bits per heavy atom. The van der Waals surface area contributed by atoms with Gasteiger partial charge in [0.1, 0.15) is 0 Å². The van der Waals surface area contributed by atoms with Crippen LogP contribution in [0, 0.1) is 0 Å². The Labute approximate surface area is 200 Å². The van der Waals surface area contributed by atoms with Crippen molar-refractivity contribution in [3.05, 3.63) is 59.3 Å². The molecule has 0 aliphatic carbocycles. The minimum atomic E-state index is -3.17. The number of carbonyl (C=O) groups is 1. The van der Waals surface area contributed by atoms with Gasteiger partial charge in [0.15, 0.2) is 0 Å². The first kappa shape index (κ1) is 23.1. The zero-order valence-electron chi connectivity index (χ0n) is 19.5. The zero-order chi connectivity index (χ0) is 23.9. The van der Waals surface area contributed by atoms with Crippen LogP contribution in [0.3, 0.4) is 0 Å². The molecule has 2 aliphatic heterocycles. The summed E-state index contributed by atoms with van der Waals surface area (Å²) in [6.07, 6.45) is 5.78. The van der Waals surface area contributed by atoms with Gasteiger partial charge in [-0.05, 0) is 85.5 Å². The Morgan fingerprint density at radius 3 is 2.59 bits per heavy atom. The number of H-pyrrole nitrogens is 1. The van der Waals surface area contributed by atoms with E-state index in [2.05, 4.69) is 40.6 Å². The number of hydrogen-bond acceptors (Lipinski definition) is 4. The number of nitrogens with one attached hydrogen (secondary N) is 2. The predicted molar refractivity (Wildman–Crippen MR) is 135 cm³/mol. The normalized spacial score (nSPS) is 20.2. The fraction of sp³-hybridized carbons (Fsp3) is 0.423. The Balaban J connectivity index is 1.52. The summed E-state index contributed by atoms with van der Waals surface area (Å²) in [6, 6.07) is 12.9. The van der Waals surface area contributed by atoms with E-state index in [4.69, 9.17) is 5.73 Å². The predicted octanol–water partition coefficient (Wildman–Crippen LogP) is 3.89. The van der Waals surface area contributed by atoms with E-state index < -0.39 is 15.9 Å². The van der Waals surface area contributed by atoms with E-state index in [9.17, 15) is 13.2 Å². The second-order valence-electron chi connectivity index (χ2n) is 9.40. The highest BCUT2D eigenvalue weighted by molar-refractivity contribution is 7.89. The molecular weight excluding hydrogens is 448 g/mol. The Bertz CT molecular complexity index is 1320. The molecular formula is C26H32N4O3S. The van der Waals surface area contributed by atoms with Crippen LogP contribution in [0.4, 0.5) is 0 Å². The molecule has 1 atom stereocenters. The molecule has 2 saturated heterocycles. The van der Waals surface area contributed by atoms with Crippen LogP contribution >= 0.6 is 0 Å². The van der Waals surface area contributed by atoms with Crippen LogP contribution in [0.5, 0.6) is 0 Å². The van der Waals surface area contributed by atoms with Crippen LogP contribution in [0.25, 0.3) is 22.0 Å². The van der Waals surface area contributed by atoms with Crippen LogP contribution in [-0.2, 0) is 10.0 Å². The molecule has 180 valence electrons. The van der Waals surface area contributed by atoms with E-state index in [1.165, 1.54) is 12.0 Å². The first-order chi connectivity index (χ1) is 16.4. The number of nitrogens with zero attached hydrogens (tertiary/aromatic N) is 1. The van der Waals surface area contributed by atoms with Gasteiger partial charge >= 0.3 is 0 Å². The average Bonchev–Trinajstić information content (AvgIpc) is 3.54. The van der Waals surface area contributed by atoms with Gasteiger partial charge in [0.2, 0.25) is 10.0 Å². The minimum absolute atomic E-state index is 0.130. The summed E-state index contributed by atoms with van der Waals surface area (Å²) in [6.45, 7) is 3.77. The number of amides is 1. The number of carbonyl (C=O) groups excluding carboxylic acids is 1. The lowest BCUT2D eigenvalue weighted by Gasteiger charge is -2.31. The zero-order valence-corrected chi connectivity index (χ0v) is 20.3.